The van der Waals surface area contributed by atoms with E-state index in [9.17, 15) is 29.4 Å². The van der Waals surface area contributed by atoms with E-state index in [4.69, 9.17) is 0 Å². The highest BCUT2D eigenvalue weighted by molar-refractivity contribution is 6.35. The van der Waals surface area contributed by atoms with Crippen LogP contribution in [0.4, 0.5) is 17.1 Å². The first-order chi connectivity index (χ1) is 26.1. The van der Waals surface area contributed by atoms with Crippen LogP contribution in [0.1, 0.15) is 91.4 Å². The van der Waals surface area contributed by atoms with Gasteiger partial charge in [-0.05, 0) is 113 Å². The monoisotopic (exact) mass is 725 g/mol. The van der Waals surface area contributed by atoms with Crippen LogP contribution >= 0.6 is 0 Å². The van der Waals surface area contributed by atoms with Crippen LogP contribution in [-0.4, -0.2) is 45.0 Å². The minimum atomic E-state index is -1.22. The average molecular weight is 726 g/mol. The molecule has 1 aliphatic rings. The molecule has 4 N–H and O–H groups in total. The number of carbonyl (C=O) groups is 4. The first-order valence-electron chi connectivity index (χ1n) is 17.2. The molecule has 0 radical (unpaired) electrons. The minimum absolute atomic E-state index is 0.00797. The van der Waals surface area contributed by atoms with Gasteiger partial charge in [0.25, 0.3) is 23.6 Å². The lowest BCUT2D eigenvalue weighted by molar-refractivity contribution is 0.0921. The molecule has 0 atom stereocenters. The quantitative estimate of drug-likeness (QED) is 0.119. The van der Waals surface area contributed by atoms with Crippen LogP contribution in [0.2, 0.25) is 0 Å². The third kappa shape index (κ3) is 9.61. The Morgan fingerprint density at radius 1 is 0.527 bits per heavy atom. The summed E-state index contributed by atoms with van der Waals surface area (Å²) in [6.45, 7) is 6.23. The summed E-state index contributed by atoms with van der Waals surface area (Å²) in [4.78, 5) is 56.2. The highest BCUT2D eigenvalue weighted by atomic mass is 16.3. The number of carbonyl (C=O) groups excluding carboxylic acids is 4. The normalized spacial score (nSPS) is 11.9. The largest absolute Gasteiger partial charge is 0.378 e. The molecule has 1 heterocycles. The zero-order valence-electron chi connectivity index (χ0n) is 30.4. The molecule has 1 aliphatic heterocycles. The SMILES string of the molecule is CC(C)(O)C#Cc1cccc(NC(=O)c2cc(C(=O)Nc3cccc(C#CC(C)(C)O)c3)cc(N3C(=O)c4ccc(C#Cc5ccccc5)cc4C3=O)c2)c1. The zero-order chi connectivity index (χ0) is 39.3. The molecule has 0 spiro atoms. The van der Waals surface area contributed by atoms with E-state index in [0.717, 1.165) is 10.5 Å². The molecule has 0 fully saturated rings. The van der Waals surface area contributed by atoms with Gasteiger partial charge in [-0.1, -0.05) is 65.9 Å². The number of anilines is 3. The Hall–Kier alpha value is -7.22. The van der Waals surface area contributed by atoms with Crippen molar-refractivity contribution in [1.29, 1.82) is 0 Å². The third-order valence-electron chi connectivity index (χ3n) is 7.98. The molecule has 9 nitrogen and oxygen atoms in total. The van der Waals surface area contributed by atoms with Gasteiger partial charge in [0.05, 0.1) is 16.8 Å². The van der Waals surface area contributed by atoms with Gasteiger partial charge >= 0.3 is 0 Å². The Morgan fingerprint density at radius 3 is 1.53 bits per heavy atom. The predicted molar refractivity (Wildman–Crippen MR) is 212 cm³/mol. The van der Waals surface area contributed by atoms with E-state index in [1.165, 1.54) is 24.3 Å². The molecule has 0 aromatic heterocycles. The molecule has 0 unspecified atom stereocenters. The van der Waals surface area contributed by atoms with E-state index in [1.54, 1.807) is 88.4 Å². The summed E-state index contributed by atoms with van der Waals surface area (Å²) in [6.07, 6.45) is 0. The minimum Gasteiger partial charge on any atom is -0.378 e. The second-order valence-corrected chi connectivity index (χ2v) is 13.8. The summed E-state index contributed by atoms with van der Waals surface area (Å²) in [5.41, 5.74) is 1.03. The zero-order valence-corrected chi connectivity index (χ0v) is 30.4. The van der Waals surface area contributed by atoms with E-state index < -0.39 is 34.8 Å². The molecule has 55 heavy (non-hydrogen) atoms. The summed E-state index contributed by atoms with van der Waals surface area (Å²) in [5, 5.41) is 25.6. The number of fused-ring (bicyclic) bond motifs is 1. The summed E-state index contributed by atoms with van der Waals surface area (Å²) in [6, 6.07) is 31.6. The van der Waals surface area contributed by atoms with Crippen LogP contribution in [0.3, 0.4) is 0 Å². The molecule has 0 saturated heterocycles. The van der Waals surface area contributed by atoms with E-state index in [2.05, 4.69) is 46.2 Å². The third-order valence-corrected chi connectivity index (χ3v) is 7.98. The van der Waals surface area contributed by atoms with Gasteiger partial charge < -0.3 is 20.8 Å². The topological polar surface area (TPSA) is 136 Å². The van der Waals surface area contributed by atoms with Crippen molar-refractivity contribution in [3.05, 3.63) is 160 Å². The van der Waals surface area contributed by atoms with Crippen LogP contribution in [0.15, 0.2) is 115 Å². The van der Waals surface area contributed by atoms with Crippen molar-refractivity contribution >= 4 is 40.7 Å². The molecule has 270 valence electrons. The molecule has 6 rings (SSSR count). The van der Waals surface area contributed by atoms with Gasteiger partial charge in [-0.15, -0.1) is 0 Å². The molecular formula is C46H35N3O6. The molecule has 5 aromatic rings. The number of imide groups is 1. The maximum absolute atomic E-state index is 13.9. The molecule has 0 saturated carbocycles. The van der Waals surface area contributed by atoms with Crippen molar-refractivity contribution in [2.45, 2.75) is 38.9 Å². The summed E-state index contributed by atoms with van der Waals surface area (Å²) in [5.74, 6) is 14.8. The number of nitrogens with one attached hydrogen (secondary N) is 2. The Bertz CT molecular complexity index is 2450. The number of hydrogen-bond acceptors (Lipinski definition) is 6. The van der Waals surface area contributed by atoms with Gasteiger partial charge in [0.1, 0.15) is 11.2 Å². The standard InChI is InChI=1S/C46H35N3O6/c1-45(2,54)22-20-31-12-8-14-36(24-31)47-41(50)34-27-35(42(51)48-37-15-9-13-32(25-37)21-23-46(3,4)55)29-38(28-34)49-43(52)39-19-18-33(26-40(39)44(49)53)17-16-30-10-6-5-7-11-30/h5-15,18-19,24-29,54-55H,1-4H3,(H,47,50)(H,48,51). The Labute approximate surface area is 319 Å². The van der Waals surface area contributed by atoms with Gasteiger partial charge in [0, 0.05) is 44.8 Å². The Balaban J connectivity index is 1.35. The number of benzene rings is 5. The van der Waals surface area contributed by atoms with Crippen LogP contribution in [0, 0.1) is 35.5 Å². The number of nitrogens with zero attached hydrogens (tertiary/aromatic N) is 1. The van der Waals surface area contributed by atoms with E-state index in [0.29, 0.717) is 28.1 Å². The predicted octanol–water partition coefficient (Wildman–Crippen LogP) is 6.64. The highest BCUT2D eigenvalue weighted by Gasteiger charge is 2.37. The van der Waals surface area contributed by atoms with Gasteiger partial charge in [0.15, 0.2) is 0 Å². The summed E-state index contributed by atoms with van der Waals surface area (Å²) < 4.78 is 0. The van der Waals surface area contributed by atoms with Crippen LogP contribution in [0.25, 0.3) is 0 Å². The van der Waals surface area contributed by atoms with Crippen molar-refractivity contribution in [3.63, 3.8) is 0 Å². The molecule has 0 bridgehead atoms. The molecule has 5 aromatic carbocycles. The maximum atomic E-state index is 13.9. The first-order valence-corrected chi connectivity index (χ1v) is 17.2. The number of aliphatic hydroxyl groups is 2. The van der Waals surface area contributed by atoms with Crippen LogP contribution in [0.5, 0.6) is 0 Å². The highest BCUT2D eigenvalue weighted by Crippen LogP contribution is 2.31. The van der Waals surface area contributed by atoms with Crippen molar-refractivity contribution in [1.82, 2.24) is 0 Å². The fraction of sp³-hybridized carbons (Fsp3) is 0.130. The van der Waals surface area contributed by atoms with E-state index >= 15 is 0 Å². The lowest BCUT2D eigenvalue weighted by Gasteiger charge is -2.17. The molecular weight excluding hydrogens is 691 g/mol. The second-order valence-electron chi connectivity index (χ2n) is 13.8. The van der Waals surface area contributed by atoms with E-state index in [-0.39, 0.29) is 27.9 Å². The van der Waals surface area contributed by atoms with E-state index in [1.807, 2.05) is 30.3 Å². The number of hydrogen-bond donors (Lipinski definition) is 4. The van der Waals surface area contributed by atoms with Crippen molar-refractivity contribution in [2.75, 3.05) is 15.5 Å². The Morgan fingerprint density at radius 2 is 1.00 bits per heavy atom. The van der Waals surface area contributed by atoms with Crippen molar-refractivity contribution < 1.29 is 29.4 Å². The maximum Gasteiger partial charge on any atom is 0.266 e. The van der Waals surface area contributed by atoms with Crippen molar-refractivity contribution in [3.8, 4) is 35.5 Å². The van der Waals surface area contributed by atoms with Crippen LogP contribution in [-0.2, 0) is 0 Å². The van der Waals surface area contributed by atoms with Gasteiger partial charge in [0.2, 0.25) is 0 Å². The molecule has 9 heteroatoms. The number of rotatable bonds is 5. The first kappa shape index (κ1) is 37.5. The van der Waals surface area contributed by atoms with Gasteiger partial charge in [-0.3, -0.25) is 19.2 Å². The summed E-state index contributed by atoms with van der Waals surface area (Å²) >= 11 is 0. The smallest absolute Gasteiger partial charge is 0.266 e. The lowest BCUT2D eigenvalue weighted by atomic mass is 10.1. The Kier molecular flexibility index (Phi) is 10.5. The number of amides is 4. The molecule has 0 aliphatic carbocycles. The van der Waals surface area contributed by atoms with Crippen LogP contribution < -0.4 is 15.5 Å². The van der Waals surface area contributed by atoms with Gasteiger partial charge in [-0.2, -0.15) is 0 Å². The van der Waals surface area contributed by atoms with Gasteiger partial charge in [-0.25, -0.2) is 4.90 Å². The summed E-state index contributed by atoms with van der Waals surface area (Å²) in [7, 11) is 0. The lowest BCUT2D eigenvalue weighted by Crippen LogP contribution is -2.30. The van der Waals surface area contributed by atoms with Crippen molar-refractivity contribution in [2.24, 2.45) is 0 Å². The second kappa shape index (κ2) is 15.4. The molecule has 4 amide bonds. The fourth-order valence-corrected chi connectivity index (χ4v) is 5.43. The fourth-order valence-electron chi connectivity index (χ4n) is 5.43. The average Bonchev–Trinajstić information content (AvgIpc) is 3.40.